The van der Waals surface area contributed by atoms with E-state index >= 15 is 0 Å². The van der Waals surface area contributed by atoms with E-state index in [4.69, 9.17) is 9.47 Å². The highest BCUT2D eigenvalue weighted by Gasteiger charge is 2.30. The molecule has 0 atom stereocenters. The summed E-state index contributed by atoms with van der Waals surface area (Å²) in [4.78, 5) is 0. The topological polar surface area (TPSA) is 18.5 Å². The molecule has 7 aromatic carbocycles. The second-order valence-corrected chi connectivity index (χ2v) is 9.70. The lowest BCUT2D eigenvalue weighted by Crippen LogP contribution is -2.04. The van der Waals surface area contributed by atoms with Crippen LogP contribution < -0.4 is 9.47 Å². The molecule has 2 aliphatic rings. The molecule has 0 amide bonds. The maximum absolute atomic E-state index is 6.63. The number of rotatable bonds is 0. The first-order chi connectivity index (χ1) is 17.8. The van der Waals surface area contributed by atoms with Crippen LogP contribution in [0.2, 0.25) is 0 Å². The number of benzene rings is 7. The molecule has 0 fully saturated rings. The molecule has 2 nitrogen and oxygen atoms in total. The fourth-order valence-electron chi connectivity index (χ4n) is 6.23. The molecule has 9 rings (SSSR count). The van der Waals surface area contributed by atoms with Crippen LogP contribution in [0.15, 0.2) is 109 Å². The fourth-order valence-corrected chi connectivity index (χ4v) is 6.23. The molecule has 0 bridgehead atoms. The maximum Gasteiger partial charge on any atom is 0.136 e. The van der Waals surface area contributed by atoms with Crippen molar-refractivity contribution in [2.75, 3.05) is 0 Å². The second-order valence-electron chi connectivity index (χ2n) is 9.70. The largest absolute Gasteiger partial charge is 0.456 e. The quantitative estimate of drug-likeness (QED) is 0.211. The van der Waals surface area contributed by atoms with Crippen LogP contribution in [-0.4, -0.2) is 0 Å². The first kappa shape index (κ1) is 18.5. The van der Waals surface area contributed by atoms with Crippen LogP contribution in [0.1, 0.15) is 0 Å². The molecule has 0 radical (unpaired) electrons. The lowest BCUT2D eigenvalue weighted by molar-refractivity contribution is 0.476. The molecule has 0 aromatic heterocycles. The Morgan fingerprint density at radius 1 is 0.361 bits per heavy atom. The Labute approximate surface area is 206 Å². The average Bonchev–Trinajstić information content (AvgIpc) is 2.93. The van der Waals surface area contributed by atoms with Gasteiger partial charge in [-0.25, -0.2) is 0 Å². The summed E-state index contributed by atoms with van der Waals surface area (Å²) in [5.74, 6) is 3.56. The smallest absolute Gasteiger partial charge is 0.136 e. The zero-order valence-electron chi connectivity index (χ0n) is 19.2. The molecule has 2 heteroatoms. The van der Waals surface area contributed by atoms with Crippen molar-refractivity contribution in [1.29, 1.82) is 0 Å². The summed E-state index contributed by atoms with van der Waals surface area (Å²) in [7, 11) is 0. The molecule has 7 aromatic rings. The highest BCUT2D eigenvalue weighted by atomic mass is 16.5. The summed E-state index contributed by atoms with van der Waals surface area (Å²) in [6.07, 6.45) is 0. The fraction of sp³-hybridized carbons (Fsp3) is 0. The normalized spacial score (nSPS) is 12.9. The van der Waals surface area contributed by atoms with Crippen LogP contribution in [-0.2, 0) is 0 Å². The molecular weight excluding hydrogens is 440 g/mol. The molecule has 36 heavy (non-hydrogen) atoms. The third-order valence-corrected chi connectivity index (χ3v) is 7.76. The van der Waals surface area contributed by atoms with E-state index in [1.54, 1.807) is 0 Å². The van der Waals surface area contributed by atoms with Crippen molar-refractivity contribution in [2.24, 2.45) is 0 Å². The zero-order valence-corrected chi connectivity index (χ0v) is 19.2. The summed E-state index contributed by atoms with van der Waals surface area (Å²) in [5.41, 5.74) is 4.70. The van der Waals surface area contributed by atoms with Crippen molar-refractivity contribution in [3.63, 3.8) is 0 Å². The molecule has 2 heterocycles. The van der Waals surface area contributed by atoms with E-state index in [0.717, 1.165) is 44.9 Å². The Bertz CT molecular complexity index is 2100. The Hall–Kier alpha value is -4.82. The van der Waals surface area contributed by atoms with Crippen molar-refractivity contribution in [3.05, 3.63) is 109 Å². The molecule has 0 unspecified atom stereocenters. The van der Waals surface area contributed by atoms with Gasteiger partial charge in [-0.15, -0.1) is 0 Å². The lowest BCUT2D eigenvalue weighted by atomic mass is 9.82. The van der Waals surface area contributed by atoms with Gasteiger partial charge in [-0.1, -0.05) is 66.7 Å². The molecule has 0 spiro atoms. The minimum atomic E-state index is 0.881. The predicted octanol–water partition coefficient (Wildman–Crippen LogP) is 9.84. The zero-order chi connectivity index (χ0) is 23.4. The van der Waals surface area contributed by atoms with E-state index in [9.17, 15) is 0 Å². The number of hydrogen-bond acceptors (Lipinski definition) is 2. The van der Waals surface area contributed by atoms with Gasteiger partial charge in [0.05, 0.1) is 0 Å². The van der Waals surface area contributed by atoms with Gasteiger partial charge < -0.3 is 9.47 Å². The molecule has 0 aliphatic carbocycles. The molecular formula is C34H18O2. The van der Waals surface area contributed by atoms with Crippen molar-refractivity contribution in [2.45, 2.75) is 0 Å². The molecule has 0 saturated heterocycles. The van der Waals surface area contributed by atoms with Crippen molar-refractivity contribution < 1.29 is 9.47 Å². The summed E-state index contributed by atoms with van der Waals surface area (Å²) < 4.78 is 13.1. The van der Waals surface area contributed by atoms with Gasteiger partial charge >= 0.3 is 0 Å². The van der Waals surface area contributed by atoms with Gasteiger partial charge in [0.2, 0.25) is 0 Å². The van der Waals surface area contributed by atoms with E-state index in [0.29, 0.717) is 0 Å². The first-order valence-corrected chi connectivity index (χ1v) is 12.3. The number of ether oxygens (including phenoxy) is 2. The molecule has 166 valence electrons. The third-order valence-electron chi connectivity index (χ3n) is 7.76. The van der Waals surface area contributed by atoms with Crippen LogP contribution in [0.5, 0.6) is 23.0 Å². The van der Waals surface area contributed by atoms with Crippen LogP contribution in [0.25, 0.3) is 65.3 Å². The summed E-state index contributed by atoms with van der Waals surface area (Å²) in [5, 5.41) is 9.61. The third kappa shape index (κ3) is 2.26. The highest BCUT2D eigenvalue weighted by Crippen LogP contribution is 2.58. The Morgan fingerprint density at radius 2 is 0.917 bits per heavy atom. The molecule has 0 N–H and O–H groups in total. The van der Waals surface area contributed by atoms with Crippen LogP contribution in [0.3, 0.4) is 0 Å². The average molecular weight is 459 g/mol. The van der Waals surface area contributed by atoms with E-state index in [1.807, 2.05) is 6.07 Å². The van der Waals surface area contributed by atoms with Gasteiger partial charge in [-0.05, 0) is 74.8 Å². The standard InChI is InChI=1S/C34H18O2/c1-2-8-20-16-22-18-30-26(17-21(22)15-19(20)7-1)32-24-10-4-3-9-23(24)31-25-11-5-6-12-27(25)35-28-13-14-29(36-30)34(32)33(28)31/h1-18H. The SMILES string of the molecule is c1ccc2c(c1)Oc1ccc3c4c(c5ccccc5c-2c14)-c1cc2cc4ccccc4cc2cc1O3. The summed E-state index contributed by atoms with van der Waals surface area (Å²) in [6.45, 7) is 0. The van der Waals surface area contributed by atoms with Crippen LogP contribution in [0.4, 0.5) is 0 Å². The minimum absolute atomic E-state index is 0.881. The number of hydrogen-bond donors (Lipinski definition) is 0. The first-order valence-electron chi connectivity index (χ1n) is 12.3. The Balaban J connectivity index is 1.48. The van der Waals surface area contributed by atoms with Gasteiger partial charge in [0, 0.05) is 33.0 Å². The van der Waals surface area contributed by atoms with Gasteiger partial charge in [-0.2, -0.15) is 0 Å². The van der Waals surface area contributed by atoms with Gasteiger partial charge in [0.1, 0.15) is 23.0 Å². The maximum atomic E-state index is 6.63. The van der Waals surface area contributed by atoms with Crippen molar-refractivity contribution in [1.82, 2.24) is 0 Å². The second kappa shape index (κ2) is 6.44. The van der Waals surface area contributed by atoms with E-state index in [1.165, 1.54) is 43.4 Å². The monoisotopic (exact) mass is 458 g/mol. The highest BCUT2D eigenvalue weighted by molar-refractivity contribution is 6.27. The summed E-state index contributed by atoms with van der Waals surface area (Å²) >= 11 is 0. The number of fused-ring (bicyclic) bond motifs is 9. The van der Waals surface area contributed by atoms with Crippen molar-refractivity contribution >= 4 is 43.1 Å². The Kier molecular flexibility index (Phi) is 3.31. The predicted molar refractivity (Wildman–Crippen MR) is 147 cm³/mol. The number of para-hydroxylation sites is 1. The minimum Gasteiger partial charge on any atom is -0.456 e. The Morgan fingerprint density at radius 3 is 1.64 bits per heavy atom. The van der Waals surface area contributed by atoms with Crippen LogP contribution in [0, 0.1) is 0 Å². The molecule has 2 aliphatic heterocycles. The van der Waals surface area contributed by atoms with Gasteiger partial charge in [0.25, 0.3) is 0 Å². The van der Waals surface area contributed by atoms with E-state index in [-0.39, 0.29) is 0 Å². The summed E-state index contributed by atoms with van der Waals surface area (Å²) in [6, 6.07) is 38.7. The lowest BCUT2D eigenvalue weighted by Gasteiger charge is -2.29. The van der Waals surface area contributed by atoms with Crippen LogP contribution >= 0.6 is 0 Å². The van der Waals surface area contributed by atoms with E-state index in [2.05, 4.69) is 103 Å². The van der Waals surface area contributed by atoms with Gasteiger partial charge in [0.15, 0.2) is 0 Å². The van der Waals surface area contributed by atoms with Gasteiger partial charge in [-0.3, -0.25) is 0 Å². The molecule has 0 saturated carbocycles. The van der Waals surface area contributed by atoms with Crippen molar-refractivity contribution in [3.8, 4) is 45.3 Å². The van der Waals surface area contributed by atoms with E-state index < -0.39 is 0 Å².